The van der Waals surface area contributed by atoms with Crippen molar-refractivity contribution in [3.8, 4) is 11.5 Å². The van der Waals surface area contributed by atoms with Crippen molar-refractivity contribution in [2.24, 2.45) is 5.73 Å². The number of ether oxygens (including phenoxy) is 1. The van der Waals surface area contributed by atoms with Crippen LogP contribution in [0.3, 0.4) is 0 Å². The lowest BCUT2D eigenvalue weighted by molar-refractivity contribution is -0.127. The molecule has 0 saturated carbocycles. The van der Waals surface area contributed by atoms with Crippen molar-refractivity contribution in [1.29, 1.82) is 0 Å². The quantitative estimate of drug-likeness (QED) is 0.369. The largest absolute Gasteiger partial charge is 0.453 e. The molecule has 2 aromatic heterocycles. The molecule has 4 rings (SSSR count). The van der Waals surface area contributed by atoms with E-state index >= 15 is 0 Å². The third kappa shape index (κ3) is 4.13. The maximum absolute atomic E-state index is 14.9. The number of primary amides is 1. The van der Waals surface area contributed by atoms with Crippen LogP contribution in [0.4, 0.5) is 10.1 Å². The monoisotopic (exact) mass is 452 g/mol. The minimum atomic E-state index is -1.42. The average Bonchev–Trinajstić information content (AvgIpc) is 3.22. The first kappa shape index (κ1) is 21.3. The van der Waals surface area contributed by atoms with E-state index < -0.39 is 23.5 Å². The molecule has 1 atom stereocenters. The van der Waals surface area contributed by atoms with Gasteiger partial charge in [0, 0.05) is 12.4 Å². The molecule has 0 fully saturated rings. The molecule has 0 aliphatic rings. The van der Waals surface area contributed by atoms with Gasteiger partial charge in [-0.1, -0.05) is 29.8 Å². The number of aromatic nitrogens is 2. The van der Waals surface area contributed by atoms with Crippen LogP contribution >= 0.6 is 11.6 Å². The molecule has 0 spiro atoms. The standard InChI is InChI=1S/C23H18ClFN4O3/c1-12-3-2-4-15(24)20(12)29-23(31)19(21(26)30)13-5-6-18(16(25)11-13)32-17-8-10-28-22-14(17)7-9-27-22/h2-11,19H,1H3,(H2,26,30)(H,27,28)(H,29,31). The number of halogens is 2. The summed E-state index contributed by atoms with van der Waals surface area (Å²) >= 11 is 6.15. The molecule has 0 aliphatic heterocycles. The van der Waals surface area contributed by atoms with Crippen LogP contribution in [0.1, 0.15) is 17.0 Å². The SMILES string of the molecule is Cc1cccc(Cl)c1NC(=O)C(C(N)=O)c1ccc(Oc2ccnc3[nH]ccc23)c(F)c1. The van der Waals surface area contributed by atoms with Crippen LogP contribution < -0.4 is 15.8 Å². The van der Waals surface area contributed by atoms with Crippen molar-refractivity contribution in [2.75, 3.05) is 5.32 Å². The summed E-state index contributed by atoms with van der Waals surface area (Å²) in [7, 11) is 0. The van der Waals surface area contributed by atoms with Crippen LogP contribution in [0.5, 0.6) is 11.5 Å². The lowest BCUT2D eigenvalue weighted by Crippen LogP contribution is -2.32. The molecule has 2 amide bonds. The number of nitrogens with two attached hydrogens (primary N) is 1. The number of hydrogen-bond donors (Lipinski definition) is 3. The number of nitrogens with zero attached hydrogens (tertiary/aromatic N) is 1. The number of aryl methyl sites for hydroxylation is 1. The first-order valence-corrected chi connectivity index (χ1v) is 9.97. The number of hydrogen-bond acceptors (Lipinski definition) is 4. The lowest BCUT2D eigenvalue weighted by Gasteiger charge is -2.17. The molecular weight excluding hydrogens is 435 g/mol. The highest BCUT2D eigenvalue weighted by atomic mass is 35.5. The Balaban J connectivity index is 1.61. The topological polar surface area (TPSA) is 110 Å². The van der Waals surface area contributed by atoms with E-state index in [-0.39, 0.29) is 11.3 Å². The summed E-state index contributed by atoms with van der Waals surface area (Å²) in [5.41, 5.74) is 7.22. The molecule has 2 heterocycles. The Morgan fingerprint density at radius 3 is 2.72 bits per heavy atom. The van der Waals surface area contributed by atoms with Gasteiger partial charge >= 0.3 is 0 Å². The zero-order valence-corrected chi connectivity index (χ0v) is 17.6. The number of amides is 2. The van der Waals surface area contributed by atoms with E-state index in [0.717, 1.165) is 6.07 Å². The normalized spacial score (nSPS) is 11.8. The van der Waals surface area contributed by atoms with Gasteiger partial charge in [0.05, 0.1) is 16.1 Å². The highest BCUT2D eigenvalue weighted by Gasteiger charge is 2.28. The van der Waals surface area contributed by atoms with Crippen LogP contribution in [0.2, 0.25) is 5.02 Å². The van der Waals surface area contributed by atoms with Gasteiger partial charge in [-0.15, -0.1) is 0 Å². The van der Waals surface area contributed by atoms with E-state index in [1.165, 1.54) is 18.3 Å². The van der Waals surface area contributed by atoms with E-state index in [4.69, 9.17) is 22.1 Å². The van der Waals surface area contributed by atoms with Gasteiger partial charge in [-0.25, -0.2) is 9.37 Å². The van der Waals surface area contributed by atoms with Gasteiger partial charge in [-0.05, 0) is 48.4 Å². The summed E-state index contributed by atoms with van der Waals surface area (Å²) in [5.74, 6) is -3.50. The Morgan fingerprint density at radius 2 is 2.00 bits per heavy atom. The Bertz CT molecular complexity index is 1320. The molecule has 4 aromatic rings. The van der Waals surface area contributed by atoms with Gasteiger partial charge in [0.2, 0.25) is 11.8 Å². The van der Waals surface area contributed by atoms with Gasteiger partial charge in [-0.3, -0.25) is 9.59 Å². The molecule has 2 aromatic carbocycles. The summed E-state index contributed by atoms with van der Waals surface area (Å²) in [6, 6.07) is 12.3. The molecule has 0 bridgehead atoms. The fourth-order valence-electron chi connectivity index (χ4n) is 3.35. The average molecular weight is 453 g/mol. The zero-order valence-electron chi connectivity index (χ0n) is 16.9. The summed E-state index contributed by atoms with van der Waals surface area (Å²) in [6.07, 6.45) is 3.23. The van der Waals surface area contributed by atoms with E-state index in [9.17, 15) is 14.0 Å². The van der Waals surface area contributed by atoms with Crippen LogP contribution in [0.15, 0.2) is 60.9 Å². The molecule has 1 unspecified atom stereocenters. The second-order valence-corrected chi connectivity index (χ2v) is 7.50. The second kappa shape index (κ2) is 8.68. The Kier molecular flexibility index (Phi) is 5.79. The van der Waals surface area contributed by atoms with Crippen LogP contribution in [0, 0.1) is 12.7 Å². The molecule has 32 heavy (non-hydrogen) atoms. The molecule has 4 N–H and O–H groups in total. The number of nitrogens with one attached hydrogen (secondary N) is 2. The number of rotatable bonds is 6. The van der Waals surface area contributed by atoms with Crippen molar-refractivity contribution in [3.63, 3.8) is 0 Å². The molecule has 0 aliphatic carbocycles. The van der Waals surface area contributed by atoms with Gasteiger partial charge in [0.1, 0.15) is 17.3 Å². The maximum Gasteiger partial charge on any atom is 0.241 e. The number of aromatic amines is 1. The number of para-hydroxylation sites is 1. The second-order valence-electron chi connectivity index (χ2n) is 7.10. The maximum atomic E-state index is 14.9. The predicted octanol–water partition coefficient (Wildman–Crippen LogP) is 4.66. The van der Waals surface area contributed by atoms with Crippen molar-refractivity contribution in [1.82, 2.24) is 9.97 Å². The van der Waals surface area contributed by atoms with E-state index in [1.807, 2.05) is 0 Å². The number of benzene rings is 2. The molecule has 0 radical (unpaired) electrons. The Labute approximate surface area is 187 Å². The van der Waals surface area contributed by atoms with Crippen molar-refractivity contribution in [2.45, 2.75) is 12.8 Å². The predicted molar refractivity (Wildman–Crippen MR) is 119 cm³/mol. The van der Waals surface area contributed by atoms with E-state index in [1.54, 1.807) is 43.5 Å². The molecule has 0 saturated heterocycles. The zero-order chi connectivity index (χ0) is 22.8. The van der Waals surface area contributed by atoms with Crippen molar-refractivity contribution < 1.29 is 18.7 Å². The van der Waals surface area contributed by atoms with Gasteiger partial charge in [-0.2, -0.15) is 0 Å². The van der Waals surface area contributed by atoms with Crippen LogP contribution in [0.25, 0.3) is 11.0 Å². The van der Waals surface area contributed by atoms with E-state index in [2.05, 4.69) is 15.3 Å². The number of pyridine rings is 1. The highest BCUT2D eigenvalue weighted by Crippen LogP contribution is 2.32. The van der Waals surface area contributed by atoms with Crippen LogP contribution in [-0.2, 0) is 9.59 Å². The number of carbonyl (C=O) groups excluding carboxylic acids is 2. The van der Waals surface area contributed by atoms with Crippen LogP contribution in [-0.4, -0.2) is 21.8 Å². The molecular formula is C23H18ClFN4O3. The first-order valence-electron chi connectivity index (χ1n) is 9.60. The van der Waals surface area contributed by atoms with Gasteiger partial charge < -0.3 is 20.8 Å². The molecule has 9 heteroatoms. The minimum Gasteiger partial charge on any atom is -0.453 e. The minimum absolute atomic E-state index is 0.0759. The number of anilines is 1. The smallest absolute Gasteiger partial charge is 0.241 e. The van der Waals surface area contributed by atoms with Gasteiger partial charge in [0.25, 0.3) is 0 Å². The summed E-state index contributed by atoms with van der Waals surface area (Å²) in [4.78, 5) is 32.0. The summed E-state index contributed by atoms with van der Waals surface area (Å²) in [6.45, 7) is 1.76. The number of fused-ring (bicyclic) bond motifs is 1. The molecule has 7 nitrogen and oxygen atoms in total. The highest BCUT2D eigenvalue weighted by molar-refractivity contribution is 6.34. The lowest BCUT2D eigenvalue weighted by atomic mass is 9.96. The number of H-pyrrole nitrogens is 1. The van der Waals surface area contributed by atoms with Crippen molar-refractivity contribution in [3.05, 3.63) is 82.9 Å². The summed E-state index contributed by atoms with van der Waals surface area (Å²) < 4.78 is 20.5. The summed E-state index contributed by atoms with van der Waals surface area (Å²) in [5, 5.41) is 3.60. The van der Waals surface area contributed by atoms with Gasteiger partial charge in [0.15, 0.2) is 11.6 Å². The third-order valence-corrected chi connectivity index (χ3v) is 5.26. The van der Waals surface area contributed by atoms with E-state index in [0.29, 0.717) is 33.1 Å². The molecule has 162 valence electrons. The Hall–Kier alpha value is -3.91. The first-order chi connectivity index (χ1) is 15.3. The third-order valence-electron chi connectivity index (χ3n) is 4.95. The number of carbonyl (C=O) groups is 2. The van der Waals surface area contributed by atoms with Crippen molar-refractivity contribution >= 4 is 40.1 Å². The fraction of sp³-hybridized carbons (Fsp3) is 0.0870. The Morgan fingerprint density at radius 1 is 1.19 bits per heavy atom. The fourth-order valence-corrected chi connectivity index (χ4v) is 3.62.